The molecule has 2 aromatic carbocycles. The zero-order chi connectivity index (χ0) is 17.8. The molecule has 0 N–H and O–H groups in total. The molecule has 1 aliphatic heterocycles. The van der Waals surface area contributed by atoms with Crippen molar-refractivity contribution in [1.82, 2.24) is 0 Å². The number of hydrogen-bond acceptors (Lipinski definition) is 4. The fourth-order valence-electron chi connectivity index (χ4n) is 2.47. The van der Waals surface area contributed by atoms with Gasteiger partial charge < -0.3 is 4.74 Å². The van der Waals surface area contributed by atoms with Crippen LogP contribution in [0.1, 0.15) is 24.5 Å². The van der Waals surface area contributed by atoms with Crippen LogP contribution in [0.4, 0.5) is 5.69 Å². The highest BCUT2D eigenvalue weighted by Crippen LogP contribution is 2.37. The van der Waals surface area contributed by atoms with Gasteiger partial charge in [-0.15, -0.1) is 0 Å². The highest BCUT2D eigenvalue weighted by atomic mass is 32.2. The molecule has 5 heteroatoms. The summed E-state index contributed by atoms with van der Waals surface area (Å²) < 4.78 is 6.32. The molecule has 1 aliphatic rings. The predicted molar refractivity (Wildman–Crippen MR) is 109 cm³/mol. The minimum atomic E-state index is -0.0934. The molecule has 1 fully saturated rings. The van der Waals surface area contributed by atoms with Crippen LogP contribution in [0.15, 0.2) is 53.4 Å². The van der Waals surface area contributed by atoms with Crippen LogP contribution in [-0.2, 0) is 4.79 Å². The van der Waals surface area contributed by atoms with E-state index in [0.717, 1.165) is 29.0 Å². The number of thiocarbonyl (C=S) groups is 1. The number of aryl methyl sites for hydroxylation is 1. The highest BCUT2D eigenvalue weighted by Gasteiger charge is 2.33. The topological polar surface area (TPSA) is 29.5 Å². The zero-order valence-corrected chi connectivity index (χ0v) is 15.8. The number of para-hydroxylation sites is 1. The van der Waals surface area contributed by atoms with Crippen LogP contribution in [0, 0.1) is 6.92 Å². The van der Waals surface area contributed by atoms with E-state index in [1.807, 2.05) is 61.5 Å². The lowest BCUT2D eigenvalue weighted by Crippen LogP contribution is -2.27. The Balaban J connectivity index is 1.89. The SMILES string of the molecule is CCCOc1ccccc1/C=C1\SC(=S)N(c2ccc(C)cc2)C1=O. The molecule has 0 bridgehead atoms. The van der Waals surface area contributed by atoms with E-state index < -0.39 is 0 Å². The minimum absolute atomic E-state index is 0.0934. The first-order valence-corrected chi connectivity index (χ1v) is 9.39. The molecule has 3 rings (SSSR count). The van der Waals surface area contributed by atoms with Crippen molar-refractivity contribution in [2.24, 2.45) is 0 Å². The molecule has 0 radical (unpaired) electrons. The number of anilines is 1. The van der Waals surface area contributed by atoms with Gasteiger partial charge >= 0.3 is 0 Å². The Morgan fingerprint density at radius 3 is 2.60 bits per heavy atom. The van der Waals surface area contributed by atoms with Crippen LogP contribution in [0.5, 0.6) is 5.75 Å². The maximum absolute atomic E-state index is 12.8. The summed E-state index contributed by atoms with van der Waals surface area (Å²) in [5, 5.41) is 0. The Hall–Kier alpha value is -2.11. The molecule has 128 valence electrons. The fraction of sp³-hybridized carbons (Fsp3) is 0.200. The van der Waals surface area contributed by atoms with Crippen LogP contribution < -0.4 is 9.64 Å². The van der Waals surface area contributed by atoms with Gasteiger partial charge in [-0.25, -0.2) is 0 Å². The Bertz CT molecular complexity index is 828. The summed E-state index contributed by atoms with van der Waals surface area (Å²) >= 11 is 6.75. The molecule has 0 unspecified atom stereocenters. The normalized spacial score (nSPS) is 15.9. The molecule has 2 aromatic rings. The molecule has 0 saturated carbocycles. The van der Waals surface area contributed by atoms with Gasteiger partial charge in [0.2, 0.25) is 0 Å². The number of benzene rings is 2. The first-order chi connectivity index (χ1) is 12.1. The van der Waals surface area contributed by atoms with E-state index >= 15 is 0 Å². The first-order valence-electron chi connectivity index (χ1n) is 8.16. The second-order valence-electron chi connectivity index (χ2n) is 5.74. The van der Waals surface area contributed by atoms with Gasteiger partial charge in [0.1, 0.15) is 5.75 Å². The monoisotopic (exact) mass is 369 g/mol. The van der Waals surface area contributed by atoms with Crippen LogP contribution >= 0.6 is 24.0 Å². The molecule has 25 heavy (non-hydrogen) atoms. The third-order valence-electron chi connectivity index (χ3n) is 3.75. The second-order valence-corrected chi connectivity index (χ2v) is 7.41. The molecule has 0 spiro atoms. The lowest BCUT2D eigenvalue weighted by molar-refractivity contribution is -0.113. The molecule has 1 saturated heterocycles. The quantitative estimate of drug-likeness (QED) is 0.536. The van der Waals surface area contributed by atoms with E-state index in [0.29, 0.717) is 15.8 Å². The lowest BCUT2D eigenvalue weighted by Gasteiger charge is -2.14. The average molecular weight is 370 g/mol. The van der Waals surface area contributed by atoms with Gasteiger partial charge in [-0.05, 0) is 37.6 Å². The van der Waals surface area contributed by atoms with Crippen LogP contribution in [0.25, 0.3) is 6.08 Å². The van der Waals surface area contributed by atoms with E-state index in [2.05, 4.69) is 6.92 Å². The van der Waals surface area contributed by atoms with Crippen LogP contribution in [-0.4, -0.2) is 16.8 Å². The molecule has 1 amide bonds. The Morgan fingerprint density at radius 1 is 1.16 bits per heavy atom. The van der Waals surface area contributed by atoms with E-state index in [1.165, 1.54) is 11.8 Å². The molecule has 0 atom stereocenters. The molecule has 0 aromatic heterocycles. The van der Waals surface area contributed by atoms with Gasteiger partial charge in [0, 0.05) is 5.56 Å². The van der Waals surface area contributed by atoms with Gasteiger partial charge in [0.25, 0.3) is 5.91 Å². The third-order valence-corrected chi connectivity index (χ3v) is 5.06. The summed E-state index contributed by atoms with van der Waals surface area (Å²) in [6.07, 6.45) is 2.79. The number of rotatable bonds is 5. The third kappa shape index (κ3) is 3.94. The summed E-state index contributed by atoms with van der Waals surface area (Å²) in [6.45, 7) is 4.73. The molecular weight excluding hydrogens is 350 g/mol. The molecule has 0 aliphatic carbocycles. The van der Waals surface area contributed by atoms with E-state index in [1.54, 1.807) is 4.90 Å². The summed E-state index contributed by atoms with van der Waals surface area (Å²) in [7, 11) is 0. The van der Waals surface area contributed by atoms with Crippen molar-refractivity contribution in [1.29, 1.82) is 0 Å². The van der Waals surface area contributed by atoms with E-state index in [4.69, 9.17) is 17.0 Å². The summed E-state index contributed by atoms with van der Waals surface area (Å²) in [5.74, 6) is 0.689. The Labute approximate surface area is 157 Å². The maximum atomic E-state index is 12.8. The second kappa shape index (κ2) is 7.85. The number of ether oxygens (including phenoxy) is 1. The number of hydrogen-bond donors (Lipinski definition) is 0. The van der Waals surface area contributed by atoms with Gasteiger partial charge in [-0.1, -0.05) is 66.8 Å². The number of carbonyl (C=O) groups excluding carboxylic acids is 1. The molecule has 1 heterocycles. The largest absolute Gasteiger partial charge is 0.493 e. The van der Waals surface area contributed by atoms with Gasteiger partial charge in [0.15, 0.2) is 4.32 Å². The van der Waals surface area contributed by atoms with Crippen molar-refractivity contribution in [3.05, 3.63) is 64.6 Å². The molecule has 3 nitrogen and oxygen atoms in total. The van der Waals surface area contributed by atoms with E-state index in [-0.39, 0.29) is 5.91 Å². The van der Waals surface area contributed by atoms with Crippen molar-refractivity contribution in [3.8, 4) is 5.75 Å². The standard InChI is InChI=1S/C20H19NO2S2/c1-3-12-23-17-7-5-4-6-15(17)13-18-19(22)21(20(24)25-18)16-10-8-14(2)9-11-16/h4-11,13H,3,12H2,1-2H3/b18-13-. The number of amides is 1. The maximum Gasteiger partial charge on any atom is 0.270 e. The zero-order valence-electron chi connectivity index (χ0n) is 14.2. The van der Waals surface area contributed by atoms with Gasteiger partial charge in [0.05, 0.1) is 17.2 Å². The summed E-state index contributed by atoms with van der Waals surface area (Å²) in [6, 6.07) is 15.5. The van der Waals surface area contributed by atoms with Gasteiger partial charge in [-0.3, -0.25) is 9.69 Å². The van der Waals surface area contributed by atoms with Gasteiger partial charge in [-0.2, -0.15) is 0 Å². The highest BCUT2D eigenvalue weighted by molar-refractivity contribution is 8.27. The van der Waals surface area contributed by atoms with Crippen molar-refractivity contribution in [2.45, 2.75) is 20.3 Å². The summed E-state index contributed by atoms with van der Waals surface area (Å²) in [4.78, 5) is 15.0. The smallest absolute Gasteiger partial charge is 0.270 e. The molecular formula is C20H19NO2S2. The Kier molecular flexibility index (Phi) is 5.56. The predicted octanol–water partition coefficient (Wildman–Crippen LogP) is 5.19. The number of thioether (sulfide) groups is 1. The van der Waals surface area contributed by atoms with Crippen molar-refractivity contribution < 1.29 is 9.53 Å². The van der Waals surface area contributed by atoms with Crippen LogP contribution in [0.2, 0.25) is 0 Å². The summed E-state index contributed by atoms with van der Waals surface area (Å²) in [5.41, 5.74) is 2.83. The first kappa shape index (κ1) is 17.7. The van der Waals surface area contributed by atoms with Crippen molar-refractivity contribution in [3.63, 3.8) is 0 Å². The average Bonchev–Trinajstić information content (AvgIpc) is 2.89. The van der Waals surface area contributed by atoms with E-state index in [9.17, 15) is 4.79 Å². The lowest BCUT2D eigenvalue weighted by atomic mass is 10.1. The Morgan fingerprint density at radius 2 is 1.88 bits per heavy atom. The fourth-order valence-corrected chi connectivity index (χ4v) is 3.76. The van der Waals surface area contributed by atoms with Crippen LogP contribution in [0.3, 0.4) is 0 Å². The minimum Gasteiger partial charge on any atom is -0.493 e. The number of carbonyl (C=O) groups is 1. The number of nitrogens with zero attached hydrogens (tertiary/aromatic N) is 1. The van der Waals surface area contributed by atoms with Crippen molar-refractivity contribution in [2.75, 3.05) is 11.5 Å². The van der Waals surface area contributed by atoms with Crippen molar-refractivity contribution >= 4 is 46.0 Å².